The number of carboxylic acids is 1. The Labute approximate surface area is 198 Å². The van der Waals surface area contributed by atoms with Crippen LogP contribution >= 0.6 is 0 Å². The first-order chi connectivity index (χ1) is 16.4. The van der Waals surface area contributed by atoms with E-state index in [1.807, 2.05) is 0 Å². The van der Waals surface area contributed by atoms with Gasteiger partial charge in [-0.2, -0.15) is 5.11 Å². The lowest BCUT2D eigenvalue weighted by Gasteiger charge is -2.07. The number of nitrogens with one attached hydrogen (secondary N) is 2. The van der Waals surface area contributed by atoms with Gasteiger partial charge in [0.1, 0.15) is 11.4 Å². The molecule has 0 aliphatic rings. The van der Waals surface area contributed by atoms with E-state index in [0.29, 0.717) is 30.8 Å². The first kappa shape index (κ1) is 26.3. The topological polar surface area (TPSA) is 150 Å². The lowest BCUT2D eigenvalue weighted by atomic mass is 10.1. The van der Waals surface area contributed by atoms with Crippen LogP contribution in [0.5, 0.6) is 5.75 Å². The largest absolute Gasteiger partial charge is 0.508 e. The molecule has 4 N–H and O–H groups in total. The van der Waals surface area contributed by atoms with Gasteiger partial charge in [0.2, 0.25) is 5.91 Å². The molecule has 2 aromatic carbocycles. The zero-order chi connectivity index (χ0) is 24.8. The molecule has 2 amide bonds. The third-order valence-corrected chi connectivity index (χ3v) is 4.97. The van der Waals surface area contributed by atoms with Crippen molar-refractivity contribution in [2.45, 2.75) is 38.5 Å². The maximum absolute atomic E-state index is 12.1. The minimum Gasteiger partial charge on any atom is -0.508 e. The van der Waals surface area contributed by atoms with Gasteiger partial charge in [-0.1, -0.05) is 25.0 Å². The average molecular weight is 471 g/mol. The van der Waals surface area contributed by atoms with Crippen LogP contribution < -0.4 is 10.6 Å². The van der Waals surface area contributed by atoms with Crippen LogP contribution in [-0.2, 0) is 16.0 Å². The lowest BCUT2D eigenvalue weighted by molar-refractivity contribution is -0.121. The van der Waals surface area contributed by atoms with Crippen molar-refractivity contribution in [3.05, 3.63) is 53.6 Å². The monoisotopic (exact) mass is 470 g/mol. The van der Waals surface area contributed by atoms with Crippen molar-refractivity contribution in [3.63, 3.8) is 0 Å². The van der Waals surface area contributed by atoms with Gasteiger partial charge in [0.15, 0.2) is 0 Å². The van der Waals surface area contributed by atoms with E-state index in [4.69, 9.17) is 0 Å². The summed E-state index contributed by atoms with van der Waals surface area (Å²) in [5.41, 5.74) is 1.26. The number of aromatic carboxylic acids is 1. The molecule has 34 heavy (non-hydrogen) atoms. The summed E-state index contributed by atoms with van der Waals surface area (Å²) in [5.74, 6) is -1.16. The summed E-state index contributed by atoms with van der Waals surface area (Å²) in [7, 11) is 1.32. The van der Waals surface area contributed by atoms with Crippen LogP contribution in [0.2, 0.25) is 0 Å². The summed E-state index contributed by atoms with van der Waals surface area (Å²) in [6.07, 6.45) is 3.65. The second kappa shape index (κ2) is 14.2. The summed E-state index contributed by atoms with van der Waals surface area (Å²) in [4.78, 5) is 34.3. The number of carbonyl (C=O) groups excluding carboxylic acids is 2. The Hall–Kier alpha value is -3.95. The number of aryl methyl sites for hydroxylation is 1. The van der Waals surface area contributed by atoms with E-state index >= 15 is 0 Å². The third kappa shape index (κ3) is 9.27. The zero-order valence-electron chi connectivity index (χ0n) is 19.1. The molecule has 0 spiro atoms. The highest BCUT2D eigenvalue weighted by Crippen LogP contribution is 2.27. The number of hydrogen-bond donors (Lipinski definition) is 4. The van der Waals surface area contributed by atoms with Crippen LogP contribution in [-0.4, -0.2) is 48.4 Å². The van der Waals surface area contributed by atoms with Crippen LogP contribution in [0, 0.1) is 0 Å². The van der Waals surface area contributed by atoms with Crippen LogP contribution in [0.25, 0.3) is 0 Å². The number of nitrogens with zero attached hydrogens (tertiary/aromatic N) is 2. The van der Waals surface area contributed by atoms with Crippen molar-refractivity contribution < 1.29 is 29.3 Å². The summed E-state index contributed by atoms with van der Waals surface area (Å²) < 4.78 is 4.49. The zero-order valence-corrected chi connectivity index (χ0v) is 19.1. The van der Waals surface area contributed by atoms with E-state index in [1.54, 1.807) is 30.3 Å². The molecule has 0 radical (unpaired) electrons. The Kier molecular flexibility index (Phi) is 11.0. The number of carbonyl (C=O) groups is 3. The molecule has 0 saturated carbocycles. The maximum atomic E-state index is 12.1. The fourth-order valence-electron chi connectivity index (χ4n) is 3.12. The molecule has 0 fully saturated rings. The highest BCUT2D eigenvalue weighted by atomic mass is 16.5. The predicted octanol–water partition coefficient (Wildman–Crippen LogP) is 4.47. The van der Waals surface area contributed by atoms with E-state index < -0.39 is 12.1 Å². The molecule has 2 aromatic rings. The van der Waals surface area contributed by atoms with E-state index in [-0.39, 0.29) is 29.3 Å². The average Bonchev–Trinajstić information content (AvgIpc) is 2.84. The quantitative estimate of drug-likeness (QED) is 0.251. The normalized spacial score (nSPS) is 10.7. The number of ether oxygens (including phenoxy) is 1. The van der Waals surface area contributed by atoms with Gasteiger partial charge in [-0.15, -0.1) is 5.11 Å². The molecule has 0 bridgehead atoms. The maximum Gasteiger partial charge on any atom is 0.406 e. The number of carboxylic acid groups (broad SMARTS) is 1. The van der Waals surface area contributed by atoms with E-state index in [0.717, 1.165) is 25.7 Å². The van der Waals surface area contributed by atoms with Crippen LogP contribution in [0.4, 0.5) is 16.2 Å². The first-order valence-electron chi connectivity index (χ1n) is 11.0. The summed E-state index contributed by atoms with van der Waals surface area (Å²) in [6, 6.07) is 10.9. The Morgan fingerprint density at radius 1 is 0.941 bits per heavy atom. The SMILES string of the molecule is COC(=O)NCCCCCCNC(=O)CCc1cc(N=Nc2ccccc2C(=O)O)ccc1O. The van der Waals surface area contributed by atoms with Gasteiger partial charge in [0.05, 0.1) is 18.4 Å². The van der Waals surface area contributed by atoms with Gasteiger partial charge in [0.25, 0.3) is 0 Å². The van der Waals surface area contributed by atoms with Crippen LogP contribution in [0.3, 0.4) is 0 Å². The molecule has 0 aliphatic heterocycles. The number of methoxy groups -OCH3 is 1. The van der Waals surface area contributed by atoms with Crippen molar-refractivity contribution in [3.8, 4) is 5.75 Å². The van der Waals surface area contributed by atoms with Gasteiger partial charge < -0.3 is 25.6 Å². The van der Waals surface area contributed by atoms with E-state index in [2.05, 4.69) is 25.6 Å². The van der Waals surface area contributed by atoms with E-state index in [1.165, 1.54) is 19.2 Å². The summed E-state index contributed by atoms with van der Waals surface area (Å²) >= 11 is 0. The Morgan fingerprint density at radius 2 is 1.65 bits per heavy atom. The molecular weight excluding hydrogens is 440 g/mol. The molecule has 182 valence electrons. The Balaban J connectivity index is 1.76. The van der Waals surface area contributed by atoms with Gasteiger partial charge in [-0.25, -0.2) is 9.59 Å². The summed E-state index contributed by atoms with van der Waals surface area (Å²) in [6.45, 7) is 1.12. The lowest BCUT2D eigenvalue weighted by Crippen LogP contribution is -2.25. The molecule has 0 atom stereocenters. The minimum absolute atomic E-state index is 0.0415. The Morgan fingerprint density at radius 3 is 2.35 bits per heavy atom. The first-order valence-corrected chi connectivity index (χ1v) is 11.0. The number of rotatable bonds is 13. The van der Waals surface area contributed by atoms with Crippen LogP contribution in [0.15, 0.2) is 52.7 Å². The fourth-order valence-corrected chi connectivity index (χ4v) is 3.12. The second-order valence-corrected chi connectivity index (χ2v) is 7.52. The molecule has 0 saturated heterocycles. The Bertz CT molecular complexity index is 1010. The fraction of sp³-hybridized carbons (Fsp3) is 0.375. The molecule has 0 aliphatic carbocycles. The standard InChI is InChI=1S/C24H30N4O6/c1-34-24(33)26-15-7-3-2-6-14-25-22(30)13-10-17-16-18(11-12-21(17)29)27-28-20-9-5-4-8-19(20)23(31)32/h4-5,8-9,11-12,16,29H,2-3,6-7,10,13-15H2,1H3,(H,25,30)(H,26,33)(H,31,32). The van der Waals surface area contributed by atoms with Crippen molar-refractivity contribution >= 4 is 29.3 Å². The van der Waals surface area contributed by atoms with E-state index in [9.17, 15) is 24.6 Å². The number of aromatic hydroxyl groups is 1. The molecule has 0 aromatic heterocycles. The highest BCUT2D eigenvalue weighted by Gasteiger charge is 2.09. The van der Waals surface area contributed by atoms with Crippen molar-refractivity contribution in [2.24, 2.45) is 10.2 Å². The predicted molar refractivity (Wildman–Crippen MR) is 126 cm³/mol. The number of phenols is 1. The number of amides is 2. The summed E-state index contributed by atoms with van der Waals surface area (Å²) in [5, 5.41) is 32.9. The van der Waals surface area contributed by atoms with Crippen molar-refractivity contribution in [2.75, 3.05) is 20.2 Å². The minimum atomic E-state index is -1.09. The second-order valence-electron chi connectivity index (χ2n) is 7.52. The molecule has 0 unspecified atom stereocenters. The number of phenolic OH excluding ortho intramolecular Hbond substituents is 1. The number of alkyl carbamates (subject to hydrolysis) is 1. The highest BCUT2D eigenvalue weighted by molar-refractivity contribution is 5.93. The van der Waals surface area contributed by atoms with Gasteiger partial charge in [-0.3, -0.25) is 4.79 Å². The molecule has 0 heterocycles. The number of benzene rings is 2. The van der Waals surface area contributed by atoms with Crippen molar-refractivity contribution in [1.82, 2.24) is 10.6 Å². The molecular formula is C24H30N4O6. The van der Waals surface area contributed by atoms with Gasteiger partial charge in [-0.05, 0) is 55.2 Å². The molecule has 10 nitrogen and oxygen atoms in total. The number of azo groups is 1. The number of hydrogen-bond acceptors (Lipinski definition) is 7. The molecule has 10 heteroatoms. The van der Waals surface area contributed by atoms with Crippen LogP contribution in [0.1, 0.15) is 48.0 Å². The third-order valence-electron chi connectivity index (χ3n) is 4.97. The van der Waals surface area contributed by atoms with Gasteiger partial charge in [0, 0.05) is 19.5 Å². The molecule has 2 rings (SSSR count). The number of unbranched alkanes of at least 4 members (excludes halogenated alkanes) is 3. The smallest absolute Gasteiger partial charge is 0.406 e. The van der Waals surface area contributed by atoms with Crippen molar-refractivity contribution in [1.29, 1.82) is 0 Å². The van der Waals surface area contributed by atoms with Gasteiger partial charge >= 0.3 is 12.1 Å².